The molecule has 3 nitrogen and oxygen atoms in total. The van der Waals surface area contributed by atoms with Gasteiger partial charge in [0.1, 0.15) is 5.75 Å². The molecule has 0 aliphatic rings. The Kier molecular flexibility index (Phi) is 5.48. The van der Waals surface area contributed by atoms with E-state index in [1.165, 1.54) is 0 Å². The fourth-order valence-electron chi connectivity index (χ4n) is 2.09. The number of hydrogen-bond donors (Lipinski definition) is 2. The molecule has 0 heterocycles. The zero-order valence-corrected chi connectivity index (χ0v) is 12.0. The van der Waals surface area contributed by atoms with Crippen LogP contribution in [0.15, 0.2) is 24.3 Å². The lowest BCUT2D eigenvalue weighted by Crippen LogP contribution is -2.40. The van der Waals surface area contributed by atoms with Crippen LogP contribution >= 0.6 is 0 Å². The van der Waals surface area contributed by atoms with Crippen LogP contribution in [0.5, 0.6) is 5.75 Å². The molecule has 2 N–H and O–H groups in total. The Labute approximate surface area is 111 Å². The van der Waals surface area contributed by atoms with Crippen LogP contribution in [0.25, 0.3) is 0 Å². The molecule has 0 saturated carbocycles. The number of phenols is 1. The summed E-state index contributed by atoms with van der Waals surface area (Å²) in [4.78, 5) is 2.25. The molecule has 0 fully saturated rings. The molecule has 1 aromatic rings. The summed E-state index contributed by atoms with van der Waals surface area (Å²) in [6.45, 7) is 9.73. The van der Waals surface area contributed by atoms with Crippen LogP contribution in [0.2, 0.25) is 0 Å². The first-order chi connectivity index (χ1) is 8.50. The van der Waals surface area contributed by atoms with Crippen molar-refractivity contribution in [2.75, 3.05) is 31.6 Å². The van der Waals surface area contributed by atoms with Crippen molar-refractivity contribution in [1.82, 2.24) is 5.32 Å². The van der Waals surface area contributed by atoms with E-state index in [9.17, 15) is 5.11 Å². The summed E-state index contributed by atoms with van der Waals surface area (Å²) in [5.41, 5.74) is 1.41. The Morgan fingerprint density at radius 3 is 2.33 bits per heavy atom. The molecule has 0 saturated heterocycles. The number of nitrogens with one attached hydrogen (secondary N) is 1. The second-order valence-corrected chi connectivity index (χ2v) is 5.32. The van der Waals surface area contributed by atoms with Crippen molar-refractivity contribution in [2.45, 2.75) is 27.2 Å². The highest BCUT2D eigenvalue weighted by Gasteiger charge is 2.23. The van der Waals surface area contributed by atoms with E-state index in [0.717, 1.165) is 31.7 Å². The number of aromatic hydroxyl groups is 1. The Morgan fingerprint density at radius 2 is 1.83 bits per heavy atom. The van der Waals surface area contributed by atoms with Crippen molar-refractivity contribution in [3.8, 4) is 5.75 Å². The summed E-state index contributed by atoms with van der Waals surface area (Å²) in [7, 11) is 2.10. The monoisotopic (exact) mass is 250 g/mol. The van der Waals surface area contributed by atoms with Gasteiger partial charge in [0, 0.05) is 25.8 Å². The molecule has 0 radical (unpaired) electrons. The SMILES string of the molecule is CCNCC(C)(CC)CN(C)c1ccc(O)cc1. The molecular weight excluding hydrogens is 224 g/mol. The highest BCUT2D eigenvalue weighted by Crippen LogP contribution is 2.25. The van der Waals surface area contributed by atoms with Crippen molar-refractivity contribution in [1.29, 1.82) is 0 Å². The first-order valence-electron chi connectivity index (χ1n) is 6.71. The van der Waals surface area contributed by atoms with Gasteiger partial charge >= 0.3 is 0 Å². The maximum absolute atomic E-state index is 9.30. The third-order valence-electron chi connectivity index (χ3n) is 3.56. The molecule has 1 aromatic carbocycles. The van der Waals surface area contributed by atoms with E-state index in [0.29, 0.717) is 5.75 Å². The summed E-state index contributed by atoms with van der Waals surface area (Å²) in [6, 6.07) is 7.39. The summed E-state index contributed by atoms with van der Waals surface area (Å²) in [5.74, 6) is 0.318. The van der Waals surface area contributed by atoms with Crippen LogP contribution < -0.4 is 10.2 Å². The quantitative estimate of drug-likeness (QED) is 0.781. The first-order valence-corrected chi connectivity index (χ1v) is 6.71. The van der Waals surface area contributed by atoms with Gasteiger partial charge in [-0.3, -0.25) is 0 Å². The number of nitrogens with zero attached hydrogens (tertiary/aromatic N) is 1. The molecule has 0 amide bonds. The van der Waals surface area contributed by atoms with Crippen molar-refractivity contribution in [3.63, 3.8) is 0 Å². The van der Waals surface area contributed by atoms with E-state index in [1.807, 2.05) is 12.1 Å². The molecule has 1 rings (SSSR count). The van der Waals surface area contributed by atoms with Crippen molar-refractivity contribution < 1.29 is 5.11 Å². The molecule has 0 aliphatic heterocycles. The second kappa shape index (κ2) is 6.64. The molecule has 0 bridgehead atoms. The van der Waals surface area contributed by atoms with Gasteiger partial charge in [-0.25, -0.2) is 0 Å². The summed E-state index contributed by atoms with van der Waals surface area (Å²) >= 11 is 0. The molecule has 1 unspecified atom stereocenters. The Morgan fingerprint density at radius 1 is 1.22 bits per heavy atom. The van der Waals surface area contributed by atoms with Gasteiger partial charge in [0.15, 0.2) is 0 Å². The lowest BCUT2D eigenvalue weighted by molar-refractivity contribution is 0.302. The minimum absolute atomic E-state index is 0.267. The molecule has 0 spiro atoms. The number of rotatable bonds is 7. The van der Waals surface area contributed by atoms with Crippen molar-refractivity contribution in [2.24, 2.45) is 5.41 Å². The number of anilines is 1. The van der Waals surface area contributed by atoms with Gasteiger partial charge in [0.25, 0.3) is 0 Å². The minimum atomic E-state index is 0.267. The zero-order valence-electron chi connectivity index (χ0n) is 12.0. The maximum atomic E-state index is 9.30. The topological polar surface area (TPSA) is 35.5 Å². The standard InChI is InChI=1S/C15H26N2O/c1-5-15(3,11-16-6-2)12-17(4)13-7-9-14(18)10-8-13/h7-10,16,18H,5-6,11-12H2,1-4H3. The lowest BCUT2D eigenvalue weighted by atomic mass is 9.86. The van der Waals surface area contributed by atoms with E-state index in [2.05, 4.69) is 38.0 Å². The van der Waals surface area contributed by atoms with E-state index in [4.69, 9.17) is 0 Å². The Bertz CT molecular complexity index is 350. The summed E-state index contributed by atoms with van der Waals surface area (Å²) < 4.78 is 0. The molecule has 18 heavy (non-hydrogen) atoms. The van der Waals surface area contributed by atoms with Gasteiger partial charge < -0.3 is 15.3 Å². The minimum Gasteiger partial charge on any atom is -0.508 e. The van der Waals surface area contributed by atoms with Crippen LogP contribution in [-0.2, 0) is 0 Å². The van der Waals surface area contributed by atoms with Crippen LogP contribution in [0.4, 0.5) is 5.69 Å². The number of phenolic OH excluding ortho intramolecular Hbond substituents is 1. The van der Waals surface area contributed by atoms with Gasteiger partial charge in [-0.2, -0.15) is 0 Å². The van der Waals surface area contributed by atoms with E-state index >= 15 is 0 Å². The maximum Gasteiger partial charge on any atom is 0.115 e. The second-order valence-electron chi connectivity index (χ2n) is 5.32. The predicted octanol–water partition coefficient (Wildman–Crippen LogP) is 2.85. The third kappa shape index (κ3) is 4.22. The Hall–Kier alpha value is -1.22. The van der Waals surface area contributed by atoms with Crippen molar-refractivity contribution >= 4 is 5.69 Å². The fourth-order valence-corrected chi connectivity index (χ4v) is 2.09. The normalized spacial score (nSPS) is 14.2. The average molecular weight is 250 g/mol. The molecule has 0 aliphatic carbocycles. The molecule has 102 valence electrons. The number of benzene rings is 1. The first kappa shape index (κ1) is 14.8. The van der Waals surface area contributed by atoms with Gasteiger partial charge in [-0.15, -0.1) is 0 Å². The molecule has 3 heteroatoms. The highest BCUT2D eigenvalue weighted by atomic mass is 16.3. The molecular formula is C15H26N2O. The fraction of sp³-hybridized carbons (Fsp3) is 0.600. The van der Waals surface area contributed by atoms with Crippen LogP contribution in [0.1, 0.15) is 27.2 Å². The Balaban J connectivity index is 2.66. The predicted molar refractivity (Wildman–Crippen MR) is 78.3 cm³/mol. The van der Waals surface area contributed by atoms with Gasteiger partial charge in [0.05, 0.1) is 0 Å². The van der Waals surface area contributed by atoms with E-state index < -0.39 is 0 Å². The van der Waals surface area contributed by atoms with E-state index in [-0.39, 0.29) is 5.41 Å². The zero-order chi connectivity index (χ0) is 13.6. The van der Waals surface area contributed by atoms with Crippen molar-refractivity contribution in [3.05, 3.63) is 24.3 Å². The average Bonchev–Trinajstić information content (AvgIpc) is 2.37. The lowest BCUT2D eigenvalue weighted by Gasteiger charge is -2.34. The van der Waals surface area contributed by atoms with Gasteiger partial charge in [0.2, 0.25) is 0 Å². The molecule has 0 aromatic heterocycles. The smallest absolute Gasteiger partial charge is 0.115 e. The van der Waals surface area contributed by atoms with E-state index in [1.54, 1.807) is 12.1 Å². The number of hydrogen-bond acceptors (Lipinski definition) is 3. The molecule has 1 atom stereocenters. The summed E-state index contributed by atoms with van der Waals surface area (Å²) in [5, 5.41) is 12.7. The van der Waals surface area contributed by atoms with Crippen LogP contribution in [-0.4, -0.2) is 31.8 Å². The van der Waals surface area contributed by atoms with Crippen LogP contribution in [0, 0.1) is 5.41 Å². The third-order valence-corrected chi connectivity index (χ3v) is 3.56. The van der Waals surface area contributed by atoms with Gasteiger partial charge in [-0.05, 0) is 42.6 Å². The van der Waals surface area contributed by atoms with Gasteiger partial charge in [-0.1, -0.05) is 20.8 Å². The highest BCUT2D eigenvalue weighted by molar-refractivity contribution is 5.48. The summed E-state index contributed by atoms with van der Waals surface area (Å²) in [6.07, 6.45) is 1.14. The van der Waals surface area contributed by atoms with Crippen LogP contribution in [0.3, 0.4) is 0 Å². The largest absolute Gasteiger partial charge is 0.508 e.